The molecule has 0 unspecified atom stereocenters. The molecule has 0 spiro atoms. The lowest BCUT2D eigenvalue weighted by molar-refractivity contribution is -0.142. The van der Waals surface area contributed by atoms with Crippen LogP contribution in [0.25, 0.3) is 0 Å². The fourth-order valence-electron chi connectivity index (χ4n) is 1.84. The fraction of sp³-hybridized carbons (Fsp3) is 0.400. The number of benzene rings is 1. The van der Waals surface area contributed by atoms with Crippen LogP contribution in [0, 0.1) is 5.92 Å². The van der Waals surface area contributed by atoms with E-state index in [1.54, 1.807) is 31.2 Å². The number of ether oxygens (including phenoxy) is 1. The number of aliphatic carboxylic acids is 1. The maximum Gasteiger partial charge on any atom is 0.337 e. The molecule has 0 radical (unpaired) electrons. The first-order valence-corrected chi connectivity index (χ1v) is 6.69. The van der Waals surface area contributed by atoms with E-state index in [4.69, 9.17) is 5.11 Å². The summed E-state index contributed by atoms with van der Waals surface area (Å²) in [7, 11) is 1.30. The summed E-state index contributed by atoms with van der Waals surface area (Å²) in [5, 5.41) is 11.6. The molecule has 0 aliphatic carbocycles. The summed E-state index contributed by atoms with van der Waals surface area (Å²) in [5.41, 5.74) is 0.948. The minimum atomic E-state index is -0.882. The summed E-state index contributed by atoms with van der Waals surface area (Å²) in [5.74, 6) is -2.08. The summed E-state index contributed by atoms with van der Waals surface area (Å²) in [4.78, 5) is 33.8. The van der Waals surface area contributed by atoms with E-state index >= 15 is 0 Å². The van der Waals surface area contributed by atoms with Crippen LogP contribution in [0.5, 0.6) is 0 Å². The lowest BCUT2D eigenvalue weighted by Gasteiger charge is -2.10. The molecule has 0 saturated heterocycles. The number of amides is 1. The topological polar surface area (TPSA) is 92.7 Å². The van der Waals surface area contributed by atoms with Crippen molar-refractivity contribution in [3.05, 3.63) is 29.8 Å². The van der Waals surface area contributed by atoms with Crippen molar-refractivity contribution >= 4 is 23.5 Å². The highest BCUT2D eigenvalue weighted by Gasteiger charge is 2.16. The van der Waals surface area contributed by atoms with Crippen molar-refractivity contribution in [3.63, 3.8) is 0 Å². The quantitative estimate of drug-likeness (QED) is 0.752. The Morgan fingerprint density at radius 3 is 2.33 bits per heavy atom. The lowest BCUT2D eigenvalue weighted by atomic mass is 10.0. The molecule has 21 heavy (non-hydrogen) atoms. The third-order valence-corrected chi connectivity index (χ3v) is 3.15. The van der Waals surface area contributed by atoms with Crippen LogP contribution in [0.2, 0.25) is 0 Å². The Morgan fingerprint density at radius 1 is 1.24 bits per heavy atom. The van der Waals surface area contributed by atoms with Gasteiger partial charge in [-0.3, -0.25) is 9.59 Å². The summed E-state index contributed by atoms with van der Waals surface area (Å²) in [6.45, 7) is 1.78. The Morgan fingerprint density at radius 2 is 1.86 bits per heavy atom. The molecule has 1 atom stereocenters. The Bertz CT molecular complexity index is 509. The normalized spacial score (nSPS) is 11.5. The van der Waals surface area contributed by atoms with Crippen LogP contribution in [0.1, 0.15) is 36.5 Å². The first-order valence-electron chi connectivity index (χ1n) is 6.69. The zero-order chi connectivity index (χ0) is 15.8. The second-order valence-electron chi connectivity index (χ2n) is 4.60. The number of carboxylic acid groups (broad SMARTS) is 1. The molecule has 0 aliphatic heterocycles. The number of carboxylic acids is 1. The van der Waals surface area contributed by atoms with Gasteiger partial charge >= 0.3 is 11.9 Å². The molecular weight excluding hydrogens is 274 g/mol. The number of rotatable bonds is 7. The SMILES string of the molecule is CC[C@H](CCC(=O)Nc1ccc(C(=O)OC)cc1)C(=O)O. The Hall–Kier alpha value is -2.37. The average molecular weight is 293 g/mol. The van der Waals surface area contributed by atoms with Crippen LogP contribution in [-0.2, 0) is 14.3 Å². The van der Waals surface area contributed by atoms with Crippen molar-refractivity contribution in [2.45, 2.75) is 26.2 Å². The third kappa shape index (κ3) is 5.25. The van der Waals surface area contributed by atoms with Gasteiger partial charge in [-0.25, -0.2) is 4.79 Å². The van der Waals surface area contributed by atoms with E-state index < -0.39 is 17.9 Å². The van der Waals surface area contributed by atoms with Crippen LogP contribution in [0.3, 0.4) is 0 Å². The minimum Gasteiger partial charge on any atom is -0.481 e. The second-order valence-corrected chi connectivity index (χ2v) is 4.60. The molecule has 1 rings (SSSR count). The number of carbonyl (C=O) groups is 3. The molecule has 0 aliphatic rings. The van der Waals surface area contributed by atoms with Gasteiger partial charge < -0.3 is 15.2 Å². The van der Waals surface area contributed by atoms with Gasteiger partial charge in [0.1, 0.15) is 0 Å². The first-order chi connectivity index (χ1) is 9.97. The van der Waals surface area contributed by atoms with Gasteiger partial charge in [0.2, 0.25) is 5.91 Å². The number of carbonyl (C=O) groups excluding carboxylic acids is 2. The summed E-state index contributed by atoms with van der Waals surface area (Å²) < 4.78 is 4.58. The predicted molar refractivity (Wildman–Crippen MR) is 77.1 cm³/mol. The Labute approximate surface area is 123 Å². The van der Waals surface area contributed by atoms with E-state index in [2.05, 4.69) is 10.1 Å². The van der Waals surface area contributed by atoms with Crippen LogP contribution in [0.4, 0.5) is 5.69 Å². The largest absolute Gasteiger partial charge is 0.481 e. The molecule has 6 nitrogen and oxygen atoms in total. The van der Waals surface area contributed by atoms with Gasteiger partial charge in [0.25, 0.3) is 0 Å². The molecule has 1 aromatic carbocycles. The minimum absolute atomic E-state index is 0.142. The van der Waals surface area contributed by atoms with Crippen molar-refractivity contribution in [2.75, 3.05) is 12.4 Å². The monoisotopic (exact) mass is 293 g/mol. The number of hydrogen-bond acceptors (Lipinski definition) is 4. The number of anilines is 1. The van der Waals surface area contributed by atoms with Crippen LogP contribution in [-0.4, -0.2) is 30.1 Å². The highest BCUT2D eigenvalue weighted by Crippen LogP contribution is 2.14. The van der Waals surface area contributed by atoms with E-state index in [9.17, 15) is 14.4 Å². The van der Waals surface area contributed by atoms with Crippen LogP contribution >= 0.6 is 0 Å². The maximum atomic E-state index is 11.7. The zero-order valence-electron chi connectivity index (χ0n) is 12.1. The van der Waals surface area contributed by atoms with Gasteiger partial charge in [-0.15, -0.1) is 0 Å². The molecule has 2 N–H and O–H groups in total. The zero-order valence-corrected chi connectivity index (χ0v) is 12.1. The smallest absolute Gasteiger partial charge is 0.337 e. The Balaban J connectivity index is 2.51. The Kier molecular flexibility index (Phi) is 6.39. The van der Waals surface area contributed by atoms with Crippen LogP contribution in [0.15, 0.2) is 24.3 Å². The number of esters is 1. The van der Waals surface area contributed by atoms with E-state index in [1.807, 2.05) is 0 Å². The van der Waals surface area contributed by atoms with E-state index in [0.717, 1.165) is 0 Å². The van der Waals surface area contributed by atoms with Crippen LogP contribution < -0.4 is 5.32 Å². The molecule has 0 heterocycles. The standard InChI is InChI=1S/C15H19NO5/c1-3-10(14(18)19)6-9-13(17)16-12-7-4-11(5-8-12)15(20)21-2/h4-5,7-8,10H,3,6,9H2,1-2H3,(H,16,17)(H,18,19)/t10-/m1/s1. The van der Waals surface area contributed by atoms with E-state index in [1.165, 1.54) is 7.11 Å². The third-order valence-electron chi connectivity index (χ3n) is 3.15. The van der Waals surface area contributed by atoms with Gasteiger partial charge in [-0.1, -0.05) is 6.92 Å². The summed E-state index contributed by atoms with van der Waals surface area (Å²) in [6.07, 6.45) is 0.942. The van der Waals surface area contributed by atoms with Crippen molar-refractivity contribution in [3.8, 4) is 0 Å². The predicted octanol–water partition coefficient (Wildman–Crippen LogP) is 2.30. The highest BCUT2D eigenvalue weighted by molar-refractivity contribution is 5.93. The van der Waals surface area contributed by atoms with Gasteiger partial charge in [-0.2, -0.15) is 0 Å². The number of nitrogens with one attached hydrogen (secondary N) is 1. The molecule has 6 heteroatoms. The molecule has 1 amide bonds. The summed E-state index contributed by atoms with van der Waals surface area (Å²) in [6, 6.07) is 6.29. The maximum absolute atomic E-state index is 11.7. The van der Waals surface area contributed by atoms with Crippen molar-refractivity contribution in [2.24, 2.45) is 5.92 Å². The molecule has 1 aromatic rings. The summed E-state index contributed by atoms with van der Waals surface area (Å²) >= 11 is 0. The fourth-order valence-corrected chi connectivity index (χ4v) is 1.84. The van der Waals surface area contributed by atoms with Gasteiger partial charge in [-0.05, 0) is 37.1 Å². The van der Waals surface area contributed by atoms with Crippen molar-refractivity contribution in [1.29, 1.82) is 0 Å². The molecular formula is C15H19NO5. The number of methoxy groups -OCH3 is 1. The van der Waals surface area contributed by atoms with Gasteiger partial charge in [0, 0.05) is 12.1 Å². The molecule has 0 saturated carbocycles. The molecule has 0 aromatic heterocycles. The van der Waals surface area contributed by atoms with Gasteiger partial charge in [0.15, 0.2) is 0 Å². The van der Waals surface area contributed by atoms with E-state index in [0.29, 0.717) is 24.1 Å². The van der Waals surface area contributed by atoms with Gasteiger partial charge in [0.05, 0.1) is 18.6 Å². The molecule has 0 fully saturated rings. The second kappa shape index (κ2) is 8.04. The molecule has 114 valence electrons. The number of hydrogen-bond donors (Lipinski definition) is 2. The average Bonchev–Trinajstić information content (AvgIpc) is 2.47. The van der Waals surface area contributed by atoms with Crippen molar-refractivity contribution < 1.29 is 24.2 Å². The van der Waals surface area contributed by atoms with E-state index in [-0.39, 0.29) is 12.3 Å². The lowest BCUT2D eigenvalue weighted by Crippen LogP contribution is -2.17. The highest BCUT2D eigenvalue weighted by atomic mass is 16.5. The molecule has 0 bridgehead atoms. The van der Waals surface area contributed by atoms with Crippen molar-refractivity contribution in [1.82, 2.24) is 0 Å². The first kappa shape index (κ1) is 16.7.